The summed E-state index contributed by atoms with van der Waals surface area (Å²) in [6.45, 7) is 0. The van der Waals surface area contributed by atoms with Gasteiger partial charge in [0, 0.05) is 5.88 Å². The molecule has 3 heteroatoms. The standard InChI is InChI=1S/C13H15ClF2/c14-9-13(5-1-2-6-13)8-10-7-11(15)3-4-12(10)16/h3-4,7H,1-2,5-6,8-9H2. The maximum Gasteiger partial charge on any atom is 0.126 e. The lowest BCUT2D eigenvalue weighted by molar-refractivity contribution is 0.335. The Kier molecular flexibility index (Phi) is 3.48. The smallest absolute Gasteiger partial charge is 0.126 e. The number of rotatable bonds is 3. The van der Waals surface area contributed by atoms with Crippen molar-refractivity contribution < 1.29 is 8.78 Å². The van der Waals surface area contributed by atoms with Crippen molar-refractivity contribution in [3.8, 4) is 0 Å². The van der Waals surface area contributed by atoms with Crippen LogP contribution in [0.2, 0.25) is 0 Å². The molecular weight excluding hydrogens is 230 g/mol. The zero-order valence-electron chi connectivity index (χ0n) is 9.11. The molecule has 0 aliphatic heterocycles. The Hall–Kier alpha value is -0.630. The molecule has 0 spiro atoms. The van der Waals surface area contributed by atoms with Crippen LogP contribution in [0.5, 0.6) is 0 Å². The molecule has 0 atom stereocenters. The van der Waals surface area contributed by atoms with Crippen molar-refractivity contribution in [1.82, 2.24) is 0 Å². The molecule has 1 aliphatic carbocycles. The SMILES string of the molecule is Fc1ccc(F)c(CC2(CCl)CCCC2)c1. The minimum absolute atomic E-state index is 0.0177. The minimum Gasteiger partial charge on any atom is -0.207 e. The highest BCUT2D eigenvalue weighted by Crippen LogP contribution is 2.42. The summed E-state index contributed by atoms with van der Waals surface area (Å²) in [7, 11) is 0. The van der Waals surface area contributed by atoms with Gasteiger partial charge in [-0.15, -0.1) is 11.6 Å². The molecule has 0 unspecified atom stereocenters. The highest BCUT2D eigenvalue weighted by molar-refractivity contribution is 6.18. The van der Waals surface area contributed by atoms with Gasteiger partial charge >= 0.3 is 0 Å². The molecule has 1 fully saturated rings. The minimum atomic E-state index is -0.376. The quantitative estimate of drug-likeness (QED) is 0.696. The van der Waals surface area contributed by atoms with Crippen LogP contribution in [0, 0.1) is 17.0 Å². The molecule has 1 aromatic rings. The topological polar surface area (TPSA) is 0 Å². The summed E-state index contributed by atoms with van der Waals surface area (Å²) in [5, 5.41) is 0. The van der Waals surface area contributed by atoms with Gasteiger partial charge in [0.15, 0.2) is 0 Å². The first-order chi connectivity index (χ1) is 7.65. The second-order valence-electron chi connectivity index (χ2n) is 4.75. The van der Waals surface area contributed by atoms with Gasteiger partial charge in [-0.3, -0.25) is 0 Å². The lowest BCUT2D eigenvalue weighted by Crippen LogP contribution is -2.22. The first-order valence-corrected chi connectivity index (χ1v) is 6.19. The van der Waals surface area contributed by atoms with Crippen LogP contribution in [0.1, 0.15) is 31.2 Å². The average molecular weight is 245 g/mol. The summed E-state index contributed by atoms with van der Waals surface area (Å²) in [5.41, 5.74) is 0.443. The molecule has 0 amide bonds. The van der Waals surface area contributed by atoms with Crippen LogP contribution in [-0.2, 0) is 6.42 Å². The van der Waals surface area contributed by atoms with E-state index >= 15 is 0 Å². The fraction of sp³-hybridized carbons (Fsp3) is 0.538. The number of hydrogen-bond donors (Lipinski definition) is 0. The molecule has 0 bridgehead atoms. The Bertz CT molecular complexity index is 370. The summed E-state index contributed by atoms with van der Waals surface area (Å²) in [5.74, 6) is -0.167. The maximum absolute atomic E-state index is 13.5. The van der Waals surface area contributed by atoms with E-state index in [9.17, 15) is 8.78 Å². The highest BCUT2D eigenvalue weighted by atomic mass is 35.5. The Morgan fingerprint density at radius 2 is 1.88 bits per heavy atom. The molecular formula is C13H15ClF2. The number of halogens is 3. The Morgan fingerprint density at radius 3 is 2.50 bits per heavy atom. The highest BCUT2D eigenvalue weighted by Gasteiger charge is 2.33. The third-order valence-electron chi connectivity index (χ3n) is 3.52. The van der Waals surface area contributed by atoms with Crippen molar-refractivity contribution in [1.29, 1.82) is 0 Å². The predicted molar refractivity (Wildman–Crippen MR) is 61.7 cm³/mol. The van der Waals surface area contributed by atoms with E-state index in [0.29, 0.717) is 17.9 Å². The van der Waals surface area contributed by atoms with Crippen molar-refractivity contribution in [2.75, 3.05) is 5.88 Å². The van der Waals surface area contributed by atoms with E-state index in [4.69, 9.17) is 11.6 Å². The summed E-state index contributed by atoms with van der Waals surface area (Å²) in [6, 6.07) is 3.64. The molecule has 0 heterocycles. The van der Waals surface area contributed by atoms with Gasteiger partial charge in [0.2, 0.25) is 0 Å². The average Bonchev–Trinajstić information content (AvgIpc) is 2.73. The molecule has 0 aromatic heterocycles. The third-order valence-corrected chi connectivity index (χ3v) is 4.09. The van der Waals surface area contributed by atoms with Gasteiger partial charge in [0.1, 0.15) is 11.6 Å². The van der Waals surface area contributed by atoms with Crippen LogP contribution in [-0.4, -0.2) is 5.88 Å². The molecule has 0 N–H and O–H groups in total. The number of alkyl halides is 1. The zero-order valence-corrected chi connectivity index (χ0v) is 9.86. The molecule has 1 aromatic carbocycles. The predicted octanol–water partition coefficient (Wildman–Crippen LogP) is 4.31. The van der Waals surface area contributed by atoms with Crippen LogP contribution in [0.4, 0.5) is 8.78 Å². The van der Waals surface area contributed by atoms with Gasteiger partial charge < -0.3 is 0 Å². The van der Waals surface area contributed by atoms with Crippen molar-refractivity contribution >= 4 is 11.6 Å². The number of hydrogen-bond acceptors (Lipinski definition) is 0. The molecule has 2 rings (SSSR count). The Balaban J connectivity index is 2.21. The first kappa shape index (κ1) is 11.8. The monoisotopic (exact) mass is 244 g/mol. The van der Waals surface area contributed by atoms with Crippen molar-refractivity contribution in [2.45, 2.75) is 32.1 Å². The van der Waals surface area contributed by atoms with Gasteiger partial charge in [-0.2, -0.15) is 0 Å². The van der Waals surface area contributed by atoms with Gasteiger partial charge in [0.05, 0.1) is 0 Å². The number of benzene rings is 1. The van der Waals surface area contributed by atoms with Gasteiger partial charge in [-0.05, 0) is 48.4 Å². The molecule has 0 nitrogen and oxygen atoms in total. The van der Waals surface area contributed by atoms with Crippen molar-refractivity contribution in [2.24, 2.45) is 5.41 Å². The summed E-state index contributed by atoms with van der Waals surface area (Å²) in [6.07, 6.45) is 4.88. The first-order valence-electron chi connectivity index (χ1n) is 5.65. The van der Waals surface area contributed by atoms with Crippen molar-refractivity contribution in [3.05, 3.63) is 35.4 Å². The van der Waals surface area contributed by atoms with E-state index < -0.39 is 0 Å². The largest absolute Gasteiger partial charge is 0.207 e. The summed E-state index contributed by atoms with van der Waals surface area (Å²) >= 11 is 5.99. The molecule has 16 heavy (non-hydrogen) atoms. The second-order valence-corrected chi connectivity index (χ2v) is 5.02. The summed E-state index contributed by atoms with van der Waals surface area (Å²) in [4.78, 5) is 0. The van der Waals surface area contributed by atoms with E-state index in [1.165, 1.54) is 12.1 Å². The normalized spacial score (nSPS) is 18.9. The van der Waals surface area contributed by atoms with Gasteiger partial charge in [0.25, 0.3) is 0 Å². The van der Waals surface area contributed by atoms with Crippen LogP contribution >= 0.6 is 11.6 Å². The second kappa shape index (κ2) is 4.70. The van der Waals surface area contributed by atoms with Crippen LogP contribution in [0.15, 0.2) is 18.2 Å². The van der Waals surface area contributed by atoms with E-state index in [1.807, 2.05) is 0 Å². The lowest BCUT2D eigenvalue weighted by atomic mass is 9.82. The van der Waals surface area contributed by atoms with Gasteiger partial charge in [-0.25, -0.2) is 8.78 Å². The van der Waals surface area contributed by atoms with Crippen LogP contribution < -0.4 is 0 Å². The fourth-order valence-electron chi connectivity index (χ4n) is 2.57. The maximum atomic E-state index is 13.5. The molecule has 1 aliphatic rings. The molecule has 88 valence electrons. The molecule has 0 saturated heterocycles. The fourth-order valence-corrected chi connectivity index (χ4v) is 2.93. The van der Waals surface area contributed by atoms with E-state index in [-0.39, 0.29) is 17.0 Å². The van der Waals surface area contributed by atoms with E-state index in [1.54, 1.807) is 0 Å². The zero-order chi connectivity index (χ0) is 11.6. The van der Waals surface area contributed by atoms with E-state index in [2.05, 4.69) is 0 Å². The van der Waals surface area contributed by atoms with Crippen molar-refractivity contribution in [3.63, 3.8) is 0 Å². The molecule has 1 saturated carbocycles. The Labute approximate surface area is 99.6 Å². The van der Waals surface area contributed by atoms with Gasteiger partial charge in [-0.1, -0.05) is 12.8 Å². The summed E-state index contributed by atoms with van der Waals surface area (Å²) < 4.78 is 26.6. The lowest BCUT2D eigenvalue weighted by Gasteiger charge is -2.26. The molecule has 0 radical (unpaired) electrons. The van der Waals surface area contributed by atoms with E-state index in [0.717, 1.165) is 31.7 Å². The third kappa shape index (κ3) is 2.37. The van der Waals surface area contributed by atoms with Crippen LogP contribution in [0.3, 0.4) is 0 Å². The Morgan fingerprint density at radius 1 is 1.19 bits per heavy atom. The van der Waals surface area contributed by atoms with Crippen LogP contribution in [0.25, 0.3) is 0 Å².